The standard InChI is InChI=1S/C20H28N2O2.ClH/c1-15-2-5-17(6-3-15)20(24)18-9-12-22(13-10-18)19(23)7-4-16-8-11-21-14-16;/h2-3,5-6,16,18,21H,4,7-14H2,1H3;1H. The predicted octanol–water partition coefficient (Wildman–Crippen LogP) is 3.23. The van der Waals surface area contributed by atoms with Gasteiger partial charge in [0.15, 0.2) is 5.78 Å². The Balaban J connectivity index is 0.00000225. The molecule has 0 saturated carbocycles. The Morgan fingerprint density at radius 3 is 2.40 bits per heavy atom. The van der Waals surface area contributed by atoms with Crippen LogP contribution in [0.25, 0.3) is 0 Å². The van der Waals surface area contributed by atoms with E-state index in [2.05, 4.69) is 5.32 Å². The number of likely N-dealkylation sites (tertiary alicyclic amines) is 1. The highest BCUT2D eigenvalue weighted by Gasteiger charge is 2.28. The highest BCUT2D eigenvalue weighted by atomic mass is 35.5. The number of nitrogens with zero attached hydrogens (tertiary/aromatic N) is 1. The van der Waals surface area contributed by atoms with Crippen molar-refractivity contribution < 1.29 is 9.59 Å². The molecular formula is C20H29ClN2O2. The van der Waals surface area contributed by atoms with Crippen LogP contribution in [0.3, 0.4) is 0 Å². The van der Waals surface area contributed by atoms with Gasteiger partial charge in [0.2, 0.25) is 5.91 Å². The number of rotatable bonds is 5. The van der Waals surface area contributed by atoms with Crippen molar-refractivity contribution in [1.82, 2.24) is 10.2 Å². The van der Waals surface area contributed by atoms with Crippen molar-refractivity contribution in [2.75, 3.05) is 26.2 Å². The molecule has 0 aliphatic carbocycles. The van der Waals surface area contributed by atoms with E-state index in [9.17, 15) is 9.59 Å². The van der Waals surface area contributed by atoms with Crippen LogP contribution in [0.2, 0.25) is 0 Å². The molecule has 25 heavy (non-hydrogen) atoms. The van der Waals surface area contributed by atoms with Crippen LogP contribution in [-0.2, 0) is 4.79 Å². The molecule has 1 atom stereocenters. The zero-order chi connectivity index (χ0) is 16.9. The van der Waals surface area contributed by atoms with Gasteiger partial charge in [-0.15, -0.1) is 12.4 Å². The molecule has 1 unspecified atom stereocenters. The molecule has 2 saturated heterocycles. The number of amides is 1. The van der Waals surface area contributed by atoms with Crippen LogP contribution in [-0.4, -0.2) is 42.8 Å². The van der Waals surface area contributed by atoms with Crippen molar-refractivity contribution in [2.24, 2.45) is 11.8 Å². The summed E-state index contributed by atoms with van der Waals surface area (Å²) in [6.07, 6.45) is 4.43. The minimum atomic E-state index is 0. The van der Waals surface area contributed by atoms with E-state index in [0.717, 1.165) is 51.0 Å². The van der Waals surface area contributed by atoms with Gasteiger partial charge in [-0.05, 0) is 51.6 Å². The van der Waals surface area contributed by atoms with Gasteiger partial charge in [0.05, 0.1) is 0 Å². The van der Waals surface area contributed by atoms with Crippen molar-refractivity contribution in [3.05, 3.63) is 35.4 Å². The molecule has 5 heteroatoms. The van der Waals surface area contributed by atoms with Crippen molar-refractivity contribution in [1.29, 1.82) is 0 Å². The number of halogens is 1. The molecule has 0 aromatic heterocycles. The number of aryl methyl sites for hydroxylation is 1. The van der Waals surface area contributed by atoms with E-state index < -0.39 is 0 Å². The third kappa shape index (κ3) is 5.29. The third-order valence-electron chi connectivity index (χ3n) is 5.48. The van der Waals surface area contributed by atoms with Crippen LogP contribution >= 0.6 is 12.4 Å². The molecule has 4 nitrogen and oxygen atoms in total. The van der Waals surface area contributed by atoms with E-state index in [1.165, 1.54) is 12.0 Å². The second-order valence-electron chi connectivity index (χ2n) is 7.28. The SMILES string of the molecule is Cc1ccc(C(=O)C2CCN(C(=O)CCC3CCNC3)CC2)cc1.Cl. The number of nitrogens with one attached hydrogen (secondary N) is 1. The first-order valence-electron chi connectivity index (χ1n) is 9.23. The van der Waals surface area contributed by atoms with Crippen LogP contribution in [0.5, 0.6) is 0 Å². The summed E-state index contributed by atoms with van der Waals surface area (Å²) in [4.78, 5) is 26.9. The highest BCUT2D eigenvalue weighted by molar-refractivity contribution is 5.98. The molecule has 1 N–H and O–H groups in total. The maximum atomic E-state index is 12.6. The molecule has 2 fully saturated rings. The average Bonchev–Trinajstić information content (AvgIpc) is 3.13. The second kappa shape index (κ2) is 9.35. The van der Waals surface area contributed by atoms with Crippen LogP contribution in [0.1, 0.15) is 48.0 Å². The molecule has 2 aliphatic rings. The lowest BCUT2D eigenvalue weighted by Gasteiger charge is -2.31. The van der Waals surface area contributed by atoms with E-state index in [-0.39, 0.29) is 30.0 Å². The lowest BCUT2D eigenvalue weighted by atomic mass is 9.88. The zero-order valence-electron chi connectivity index (χ0n) is 15.0. The minimum Gasteiger partial charge on any atom is -0.343 e. The Hall–Kier alpha value is -1.39. The van der Waals surface area contributed by atoms with Gasteiger partial charge in [0, 0.05) is 31.0 Å². The molecule has 1 aromatic carbocycles. The number of benzene rings is 1. The van der Waals surface area contributed by atoms with E-state index in [1.807, 2.05) is 36.1 Å². The Morgan fingerprint density at radius 2 is 1.80 bits per heavy atom. The zero-order valence-corrected chi connectivity index (χ0v) is 15.8. The lowest BCUT2D eigenvalue weighted by molar-refractivity contribution is -0.132. The topological polar surface area (TPSA) is 49.4 Å². The summed E-state index contributed by atoms with van der Waals surface area (Å²) < 4.78 is 0. The van der Waals surface area contributed by atoms with Crippen LogP contribution in [0, 0.1) is 18.8 Å². The first-order chi connectivity index (χ1) is 11.6. The average molecular weight is 365 g/mol. The molecule has 2 aliphatic heterocycles. The number of Topliss-reactive ketones (excluding diaryl/α,β-unsaturated/α-hetero) is 1. The fourth-order valence-corrected chi connectivity index (χ4v) is 3.79. The normalized spacial score (nSPS) is 21.0. The number of hydrogen-bond donors (Lipinski definition) is 1. The van der Waals surface area contributed by atoms with Gasteiger partial charge >= 0.3 is 0 Å². The summed E-state index contributed by atoms with van der Waals surface area (Å²) in [5.74, 6) is 1.23. The van der Waals surface area contributed by atoms with Gasteiger partial charge in [-0.2, -0.15) is 0 Å². The molecule has 1 aromatic rings. The van der Waals surface area contributed by atoms with Gasteiger partial charge in [-0.3, -0.25) is 9.59 Å². The smallest absolute Gasteiger partial charge is 0.222 e. The molecule has 0 radical (unpaired) electrons. The van der Waals surface area contributed by atoms with E-state index in [4.69, 9.17) is 0 Å². The van der Waals surface area contributed by atoms with Gasteiger partial charge in [-0.25, -0.2) is 0 Å². The van der Waals surface area contributed by atoms with Crippen LogP contribution in [0.4, 0.5) is 0 Å². The predicted molar refractivity (Wildman–Crippen MR) is 102 cm³/mol. The second-order valence-corrected chi connectivity index (χ2v) is 7.28. The summed E-state index contributed by atoms with van der Waals surface area (Å²) in [7, 11) is 0. The Kier molecular flexibility index (Phi) is 7.45. The Labute approximate surface area is 156 Å². The van der Waals surface area contributed by atoms with Crippen molar-refractivity contribution in [3.8, 4) is 0 Å². The van der Waals surface area contributed by atoms with Gasteiger partial charge in [0.1, 0.15) is 0 Å². The van der Waals surface area contributed by atoms with Gasteiger partial charge in [0.25, 0.3) is 0 Å². The van der Waals surface area contributed by atoms with Crippen LogP contribution < -0.4 is 5.32 Å². The van der Waals surface area contributed by atoms with E-state index in [1.54, 1.807) is 0 Å². The third-order valence-corrected chi connectivity index (χ3v) is 5.48. The molecular weight excluding hydrogens is 336 g/mol. The summed E-state index contributed by atoms with van der Waals surface area (Å²) in [5.41, 5.74) is 1.98. The highest BCUT2D eigenvalue weighted by Crippen LogP contribution is 2.23. The Morgan fingerprint density at radius 1 is 1.12 bits per heavy atom. The summed E-state index contributed by atoms with van der Waals surface area (Å²) in [6, 6.07) is 7.82. The number of hydrogen-bond acceptors (Lipinski definition) is 3. The molecule has 2 heterocycles. The summed E-state index contributed by atoms with van der Waals surface area (Å²) in [6.45, 7) is 5.62. The molecule has 1 amide bonds. The lowest BCUT2D eigenvalue weighted by Crippen LogP contribution is -2.40. The quantitative estimate of drug-likeness (QED) is 0.816. The first-order valence-corrected chi connectivity index (χ1v) is 9.23. The molecule has 0 bridgehead atoms. The fourth-order valence-electron chi connectivity index (χ4n) is 3.79. The number of ketones is 1. The summed E-state index contributed by atoms with van der Waals surface area (Å²) >= 11 is 0. The van der Waals surface area contributed by atoms with Crippen molar-refractivity contribution in [3.63, 3.8) is 0 Å². The monoisotopic (exact) mass is 364 g/mol. The van der Waals surface area contributed by atoms with Crippen molar-refractivity contribution >= 4 is 24.1 Å². The number of carbonyl (C=O) groups is 2. The van der Waals surface area contributed by atoms with E-state index >= 15 is 0 Å². The van der Waals surface area contributed by atoms with Crippen LogP contribution in [0.15, 0.2) is 24.3 Å². The number of piperidine rings is 1. The number of carbonyl (C=O) groups excluding carboxylic acids is 2. The fraction of sp³-hybridized carbons (Fsp3) is 0.600. The van der Waals surface area contributed by atoms with Gasteiger partial charge < -0.3 is 10.2 Å². The maximum absolute atomic E-state index is 12.6. The van der Waals surface area contributed by atoms with Crippen molar-refractivity contribution in [2.45, 2.75) is 39.0 Å². The maximum Gasteiger partial charge on any atom is 0.222 e. The van der Waals surface area contributed by atoms with E-state index in [0.29, 0.717) is 12.3 Å². The summed E-state index contributed by atoms with van der Waals surface area (Å²) in [5, 5.41) is 3.35. The molecule has 138 valence electrons. The molecule has 3 rings (SSSR count). The molecule has 0 spiro atoms. The van der Waals surface area contributed by atoms with Gasteiger partial charge in [-0.1, -0.05) is 29.8 Å². The largest absolute Gasteiger partial charge is 0.343 e. The minimum absolute atomic E-state index is 0. The first kappa shape index (κ1) is 19.9. The Bertz CT molecular complexity index is 574.